The van der Waals surface area contributed by atoms with Crippen LogP contribution in [0.3, 0.4) is 0 Å². The van der Waals surface area contributed by atoms with Gasteiger partial charge in [0.15, 0.2) is 5.82 Å². The average Bonchev–Trinajstić information content (AvgIpc) is 3.00. The normalized spacial score (nSPS) is 11.6. The average molecular weight is 374 g/mol. The van der Waals surface area contributed by atoms with E-state index >= 15 is 0 Å². The van der Waals surface area contributed by atoms with Gasteiger partial charge in [0.05, 0.1) is 24.3 Å². The van der Waals surface area contributed by atoms with E-state index in [1.165, 1.54) is 21.3 Å². The van der Waals surface area contributed by atoms with Crippen molar-refractivity contribution in [1.82, 2.24) is 19.8 Å². The van der Waals surface area contributed by atoms with Crippen LogP contribution in [0.4, 0.5) is 0 Å². The van der Waals surface area contributed by atoms with Crippen LogP contribution in [-0.4, -0.2) is 51.1 Å². The van der Waals surface area contributed by atoms with Crippen LogP contribution >= 0.6 is 11.8 Å². The van der Waals surface area contributed by atoms with Crippen molar-refractivity contribution in [2.45, 2.75) is 30.7 Å². The summed E-state index contributed by atoms with van der Waals surface area (Å²) >= 11 is 1.23. The summed E-state index contributed by atoms with van der Waals surface area (Å²) in [6, 6.07) is 9.43. The molecule has 1 amide bonds. The molecule has 2 rings (SSSR count). The number of rotatable bonds is 8. The fourth-order valence-electron chi connectivity index (χ4n) is 2.27. The van der Waals surface area contributed by atoms with E-state index in [0.29, 0.717) is 30.6 Å². The van der Waals surface area contributed by atoms with Crippen molar-refractivity contribution < 1.29 is 9.53 Å². The predicted octanol–water partition coefficient (Wildman–Crippen LogP) is 1.91. The maximum absolute atomic E-state index is 12.3. The maximum atomic E-state index is 12.3. The molecule has 9 heteroatoms. The molecule has 26 heavy (non-hydrogen) atoms. The zero-order valence-corrected chi connectivity index (χ0v) is 15.9. The number of hydrogen-bond acceptors (Lipinski definition) is 7. The summed E-state index contributed by atoms with van der Waals surface area (Å²) in [5, 5.41) is 16.9. The minimum absolute atomic E-state index is 0.0872. The van der Waals surface area contributed by atoms with E-state index in [9.17, 15) is 4.79 Å². The lowest BCUT2D eigenvalue weighted by Crippen LogP contribution is -2.34. The first-order valence-electron chi connectivity index (χ1n) is 8.20. The van der Waals surface area contributed by atoms with Gasteiger partial charge in [-0.05, 0) is 38.1 Å². The van der Waals surface area contributed by atoms with Gasteiger partial charge < -0.3 is 15.5 Å². The van der Waals surface area contributed by atoms with E-state index in [2.05, 4.69) is 10.2 Å². The Morgan fingerprint density at radius 1 is 1.42 bits per heavy atom. The Kier molecular flexibility index (Phi) is 6.86. The SMILES string of the molecule is CCOc1ccc(-c2nnc(S[C@H](C)C(=O)N(C)CCC#N)n2N)cc1. The minimum atomic E-state index is -0.390. The van der Waals surface area contributed by atoms with Gasteiger partial charge in [-0.2, -0.15) is 5.26 Å². The molecule has 138 valence electrons. The van der Waals surface area contributed by atoms with E-state index < -0.39 is 5.25 Å². The molecule has 0 aliphatic heterocycles. The fraction of sp³-hybridized carbons (Fsp3) is 0.412. The van der Waals surface area contributed by atoms with Crippen molar-refractivity contribution in [1.29, 1.82) is 5.26 Å². The van der Waals surface area contributed by atoms with Crippen molar-refractivity contribution in [2.24, 2.45) is 0 Å². The second-order valence-corrected chi connectivity index (χ2v) is 6.87. The summed E-state index contributed by atoms with van der Waals surface area (Å²) in [6.45, 7) is 4.70. The number of amides is 1. The molecule has 1 atom stereocenters. The number of hydrogen-bond donors (Lipinski definition) is 1. The monoisotopic (exact) mass is 374 g/mol. The highest BCUT2D eigenvalue weighted by molar-refractivity contribution is 8.00. The third kappa shape index (κ3) is 4.67. The highest BCUT2D eigenvalue weighted by atomic mass is 32.2. The molecule has 0 spiro atoms. The first kappa shape index (κ1) is 19.6. The van der Waals surface area contributed by atoms with E-state index in [-0.39, 0.29) is 5.91 Å². The second-order valence-electron chi connectivity index (χ2n) is 5.56. The number of carbonyl (C=O) groups excluding carboxylic acids is 1. The topological polar surface area (TPSA) is 110 Å². The van der Waals surface area contributed by atoms with Crippen molar-refractivity contribution in [2.75, 3.05) is 26.0 Å². The number of carbonyl (C=O) groups is 1. The first-order valence-corrected chi connectivity index (χ1v) is 9.08. The molecular weight excluding hydrogens is 352 g/mol. The number of nitrogens with zero attached hydrogens (tertiary/aromatic N) is 5. The van der Waals surface area contributed by atoms with Crippen LogP contribution in [0.1, 0.15) is 20.3 Å². The third-order valence-corrected chi connectivity index (χ3v) is 4.70. The van der Waals surface area contributed by atoms with E-state index in [1.807, 2.05) is 37.3 Å². The predicted molar refractivity (Wildman–Crippen MR) is 100.0 cm³/mol. The zero-order chi connectivity index (χ0) is 19.1. The molecule has 0 aliphatic rings. The Morgan fingerprint density at radius 2 is 2.12 bits per heavy atom. The summed E-state index contributed by atoms with van der Waals surface area (Å²) in [4.78, 5) is 13.9. The highest BCUT2D eigenvalue weighted by Gasteiger charge is 2.22. The number of nitrogen functional groups attached to an aromatic ring is 1. The number of nitriles is 1. The summed E-state index contributed by atoms with van der Waals surface area (Å²) in [5.41, 5.74) is 0.806. The standard InChI is InChI=1S/C17H22N6O2S/c1-4-25-14-8-6-13(7-9-14)15-20-21-17(23(15)19)26-12(2)16(24)22(3)11-5-10-18/h6-9,12H,4-5,11,19H2,1-3H3/t12-/m1/s1. The summed E-state index contributed by atoms with van der Waals surface area (Å²) in [5.74, 6) is 7.30. The number of benzene rings is 1. The Labute approximate surface area is 156 Å². The minimum Gasteiger partial charge on any atom is -0.494 e. The van der Waals surface area contributed by atoms with E-state index in [0.717, 1.165) is 11.3 Å². The van der Waals surface area contributed by atoms with Crippen LogP contribution in [0, 0.1) is 11.3 Å². The van der Waals surface area contributed by atoms with Crippen LogP contribution in [0.2, 0.25) is 0 Å². The molecule has 0 radical (unpaired) electrons. The Balaban J connectivity index is 2.08. The van der Waals surface area contributed by atoms with Crippen LogP contribution in [0.15, 0.2) is 29.4 Å². The van der Waals surface area contributed by atoms with Gasteiger partial charge in [0.25, 0.3) is 0 Å². The zero-order valence-electron chi connectivity index (χ0n) is 15.0. The Bertz CT molecular complexity index is 784. The Morgan fingerprint density at radius 3 is 2.73 bits per heavy atom. The first-order chi connectivity index (χ1) is 12.5. The van der Waals surface area contributed by atoms with Crippen molar-refractivity contribution in [3.05, 3.63) is 24.3 Å². The van der Waals surface area contributed by atoms with Gasteiger partial charge in [0.1, 0.15) is 5.75 Å². The highest BCUT2D eigenvalue weighted by Crippen LogP contribution is 2.26. The van der Waals surface area contributed by atoms with Gasteiger partial charge in [-0.3, -0.25) is 4.79 Å². The smallest absolute Gasteiger partial charge is 0.235 e. The van der Waals surface area contributed by atoms with Gasteiger partial charge in [0, 0.05) is 19.2 Å². The number of aromatic nitrogens is 3. The van der Waals surface area contributed by atoms with Gasteiger partial charge in [-0.1, -0.05) is 11.8 Å². The van der Waals surface area contributed by atoms with Crippen molar-refractivity contribution in [3.8, 4) is 23.2 Å². The van der Waals surface area contributed by atoms with E-state index in [4.69, 9.17) is 15.8 Å². The number of nitrogens with two attached hydrogens (primary N) is 1. The lowest BCUT2D eigenvalue weighted by Gasteiger charge is -2.19. The second kappa shape index (κ2) is 9.10. The third-order valence-electron chi connectivity index (χ3n) is 3.65. The lowest BCUT2D eigenvalue weighted by molar-refractivity contribution is -0.128. The molecule has 0 fully saturated rings. The number of thioether (sulfide) groups is 1. The molecule has 0 aliphatic carbocycles. The van der Waals surface area contributed by atoms with Crippen molar-refractivity contribution >= 4 is 17.7 Å². The van der Waals surface area contributed by atoms with Gasteiger partial charge in [0.2, 0.25) is 11.1 Å². The van der Waals surface area contributed by atoms with Crippen LogP contribution in [0.25, 0.3) is 11.4 Å². The summed E-state index contributed by atoms with van der Waals surface area (Å²) in [7, 11) is 1.68. The van der Waals surface area contributed by atoms with Crippen LogP contribution in [0.5, 0.6) is 5.75 Å². The maximum Gasteiger partial charge on any atom is 0.235 e. The van der Waals surface area contributed by atoms with Gasteiger partial charge in [-0.25, -0.2) is 4.68 Å². The van der Waals surface area contributed by atoms with Crippen molar-refractivity contribution in [3.63, 3.8) is 0 Å². The fourth-order valence-corrected chi connectivity index (χ4v) is 3.15. The largest absolute Gasteiger partial charge is 0.494 e. The van der Waals surface area contributed by atoms with E-state index in [1.54, 1.807) is 14.0 Å². The summed E-state index contributed by atoms with van der Waals surface area (Å²) < 4.78 is 6.80. The molecule has 0 bridgehead atoms. The van der Waals surface area contributed by atoms with Gasteiger partial charge in [-0.15, -0.1) is 10.2 Å². The molecule has 1 aromatic heterocycles. The molecule has 1 heterocycles. The van der Waals surface area contributed by atoms with Crippen LogP contribution in [-0.2, 0) is 4.79 Å². The number of ether oxygens (including phenoxy) is 1. The lowest BCUT2D eigenvalue weighted by atomic mass is 10.2. The molecule has 8 nitrogen and oxygen atoms in total. The molecule has 0 unspecified atom stereocenters. The van der Waals surface area contributed by atoms with Gasteiger partial charge >= 0.3 is 0 Å². The quantitative estimate of drug-likeness (QED) is 0.555. The molecule has 2 aromatic rings. The molecule has 1 aromatic carbocycles. The molecular formula is C17H22N6O2S. The summed E-state index contributed by atoms with van der Waals surface area (Å²) in [6.07, 6.45) is 0.300. The van der Waals surface area contributed by atoms with Crippen LogP contribution < -0.4 is 10.6 Å². The Hall–Kier alpha value is -2.73. The molecule has 0 saturated heterocycles. The molecule has 0 saturated carbocycles. The molecule has 2 N–H and O–H groups in total.